The molecular formula is C14H22N4. The molecule has 18 heavy (non-hydrogen) atoms. The van der Waals surface area contributed by atoms with E-state index >= 15 is 0 Å². The lowest BCUT2D eigenvalue weighted by molar-refractivity contribution is 0.128. The van der Waals surface area contributed by atoms with Gasteiger partial charge >= 0.3 is 0 Å². The topological polar surface area (TPSA) is 63.0 Å². The molecule has 2 fully saturated rings. The summed E-state index contributed by atoms with van der Waals surface area (Å²) >= 11 is 0. The highest BCUT2D eigenvalue weighted by Gasteiger charge is 2.36. The van der Waals surface area contributed by atoms with Crippen molar-refractivity contribution >= 4 is 5.69 Å². The van der Waals surface area contributed by atoms with E-state index in [1.165, 1.54) is 44.3 Å². The molecule has 0 bridgehead atoms. The highest BCUT2D eigenvalue weighted by atomic mass is 15.0. The van der Waals surface area contributed by atoms with E-state index in [4.69, 9.17) is 5.73 Å². The largest absolute Gasteiger partial charge is 0.397 e. The Kier molecular flexibility index (Phi) is 3.22. The van der Waals surface area contributed by atoms with E-state index < -0.39 is 0 Å². The van der Waals surface area contributed by atoms with Crippen LogP contribution in [-0.2, 0) is 0 Å². The van der Waals surface area contributed by atoms with Gasteiger partial charge in [-0.05, 0) is 55.8 Å². The number of anilines is 1. The average Bonchev–Trinajstić information content (AvgIpc) is 2.42. The zero-order valence-electron chi connectivity index (χ0n) is 10.8. The molecule has 1 aromatic heterocycles. The number of hydrogen-bond acceptors (Lipinski definition) is 4. The van der Waals surface area contributed by atoms with Crippen LogP contribution in [0.15, 0.2) is 18.5 Å². The second-order valence-corrected chi connectivity index (χ2v) is 5.73. The zero-order valence-corrected chi connectivity index (χ0v) is 10.8. The molecule has 0 amide bonds. The normalized spacial score (nSPS) is 27.2. The zero-order chi connectivity index (χ0) is 12.4. The maximum atomic E-state index is 6.01. The summed E-state index contributed by atoms with van der Waals surface area (Å²) in [5.74, 6) is 0. The predicted octanol–water partition coefficient (Wildman–Crippen LogP) is 1.46. The minimum Gasteiger partial charge on any atom is -0.397 e. The van der Waals surface area contributed by atoms with Crippen molar-refractivity contribution in [3.63, 3.8) is 0 Å². The Morgan fingerprint density at radius 3 is 2.78 bits per heavy atom. The van der Waals surface area contributed by atoms with E-state index in [1.54, 1.807) is 6.20 Å². The Morgan fingerprint density at radius 1 is 1.28 bits per heavy atom. The number of nitrogens with two attached hydrogens (primary N) is 1. The van der Waals surface area contributed by atoms with Gasteiger partial charge in [0.05, 0.1) is 11.9 Å². The lowest BCUT2D eigenvalue weighted by Gasteiger charge is -2.44. The smallest absolute Gasteiger partial charge is 0.0549 e. The highest BCUT2D eigenvalue weighted by molar-refractivity contribution is 5.45. The van der Waals surface area contributed by atoms with Crippen LogP contribution >= 0.6 is 0 Å². The first-order valence-corrected chi connectivity index (χ1v) is 6.93. The third-order valence-electron chi connectivity index (χ3n) is 4.61. The standard InChI is InChI=1S/C14H22N4/c15-12-9-17-6-2-11(12)13-1-3-14(10-18-13)4-7-16-8-5-14/h2,6,9,13,16,18H,1,3-5,7-8,10,15H2/t13-/m0/s1. The predicted molar refractivity (Wildman–Crippen MR) is 73.2 cm³/mol. The molecule has 0 radical (unpaired) electrons. The number of nitrogens with one attached hydrogen (secondary N) is 2. The Labute approximate surface area is 108 Å². The molecule has 0 aromatic carbocycles. The van der Waals surface area contributed by atoms with E-state index in [0.717, 1.165) is 12.2 Å². The monoisotopic (exact) mass is 246 g/mol. The van der Waals surface area contributed by atoms with Gasteiger partial charge in [0.1, 0.15) is 0 Å². The van der Waals surface area contributed by atoms with Gasteiger partial charge in [-0.3, -0.25) is 4.98 Å². The van der Waals surface area contributed by atoms with Crippen LogP contribution in [-0.4, -0.2) is 24.6 Å². The molecule has 4 nitrogen and oxygen atoms in total. The number of nitrogen functional groups attached to an aromatic ring is 1. The van der Waals surface area contributed by atoms with Gasteiger partial charge in [-0.25, -0.2) is 0 Å². The molecule has 3 rings (SSSR count). The lowest BCUT2D eigenvalue weighted by atomic mass is 9.71. The van der Waals surface area contributed by atoms with Gasteiger partial charge in [0.2, 0.25) is 0 Å². The number of rotatable bonds is 1. The summed E-state index contributed by atoms with van der Waals surface area (Å²) in [6.07, 6.45) is 8.70. The minimum absolute atomic E-state index is 0.411. The van der Waals surface area contributed by atoms with Gasteiger partial charge in [-0.1, -0.05) is 0 Å². The van der Waals surface area contributed by atoms with Crippen LogP contribution in [0.1, 0.15) is 37.3 Å². The number of piperidine rings is 2. The van der Waals surface area contributed by atoms with E-state index in [9.17, 15) is 0 Å². The van der Waals surface area contributed by atoms with Crippen LogP contribution in [0.3, 0.4) is 0 Å². The summed E-state index contributed by atoms with van der Waals surface area (Å²) in [6, 6.07) is 2.46. The van der Waals surface area contributed by atoms with E-state index in [1.807, 2.05) is 12.3 Å². The summed E-state index contributed by atoms with van der Waals surface area (Å²) in [5, 5.41) is 7.15. The maximum Gasteiger partial charge on any atom is 0.0549 e. The van der Waals surface area contributed by atoms with Crippen LogP contribution in [0.25, 0.3) is 0 Å². The van der Waals surface area contributed by atoms with Gasteiger partial charge in [0, 0.05) is 18.8 Å². The molecule has 1 spiro atoms. The molecule has 1 aromatic rings. The molecule has 4 N–H and O–H groups in total. The van der Waals surface area contributed by atoms with Gasteiger partial charge in [-0.2, -0.15) is 0 Å². The summed E-state index contributed by atoms with van der Waals surface area (Å²) in [6.45, 7) is 3.47. The third kappa shape index (κ3) is 2.22. The SMILES string of the molecule is Nc1cnccc1[C@@H]1CCC2(CCNCC2)CN1. The van der Waals surface area contributed by atoms with Crippen molar-refractivity contribution in [1.82, 2.24) is 15.6 Å². The Bertz CT molecular complexity index is 402. The van der Waals surface area contributed by atoms with Gasteiger partial charge in [-0.15, -0.1) is 0 Å². The van der Waals surface area contributed by atoms with E-state index in [2.05, 4.69) is 15.6 Å². The number of nitrogens with zero attached hydrogens (tertiary/aromatic N) is 1. The molecule has 4 heteroatoms. The highest BCUT2D eigenvalue weighted by Crippen LogP contribution is 2.40. The van der Waals surface area contributed by atoms with Crippen LogP contribution in [0, 0.1) is 5.41 Å². The van der Waals surface area contributed by atoms with Crippen LogP contribution in [0.5, 0.6) is 0 Å². The number of pyridine rings is 1. The first kappa shape index (κ1) is 11.9. The van der Waals surface area contributed by atoms with Crippen LogP contribution in [0.4, 0.5) is 5.69 Å². The Hall–Kier alpha value is -1.13. The molecule has 2 aliphatic heterocycles. The number of hydrogen-bond donors (Lipinski definition) is 3. The van der Waals surface area contributed by atoms with Crippen molar-refractivity contribution in [1.29, 1.82) is 0 Å². The fourth-order valence-corrected chi connectivity index (χ4v) is 3.36. The molecule has 0 aliphatic carbocycles. The fraction of sp³-hybridized carbons (Fsp3) is 0.643. The van der Waals surface area contributed by atoms with Gasteiger partial charge in [0.15, 0.2) is 0 Å². The van der Waals surface area contributed by atoms with Crippen molar-refractivity contribution in [3.05, 3.63) is 24.0 Å². The summed E-state index contributed by atoms with van der Waals surface area (Å²) < 4.78 is 0. The Morgan fingerprint density at radius 2 is 2.11 bits per heavy atom. The van der Waals surface area contributed by atoms with Crippen LogP contribution in [0.2, 0.25) is 0 Å². The summed E-state index contributed by atoms with van der Waals surface area (Å²) in [5.41, 5.74) is 8.57. The molecule has 0 unspecified atom stereocenters. The van der Waals surface area contributed by atoms with Crippen molar-refractivity contribution in [2.24, 2.45) is 5.41 Å². The minimum atomic E-state index is 0.411. The van der Waals surface area contributed by atoms with Gasteiger partial charge in [0.25, 0.3) is 0 Å². The molecule has 1 atom stereocenters. The summed E-state index contributed by atoms with van der Waals surface area (Å²) in [4.78, 5) is 4.06. The second kappa shape index (κ2) is 4.86. The fourth-order valence-electron chi connectivity index (χ4n) is 3.36. The van der Waals surface area contributed by atoms with E-state index in [-0.39, 0.29) is 0 Å². The molecule has 2 aliphatic rings. The quantitative estimate of drug-likeness (QED) is 0.702. The summed E-state index contributed by atoms with van der Waals surface area (Å²) in [7, 11) is 0. The van der Waals surface area contributed by atoms with Crippen molar-refractivity contribution in [3.8, 4) is 0 Å². The maximum absolute atomic E-state index is 6.01. The second-order valence-electron chi connectivity index (χ2n) is 5.73. The molecular weight excluding hydrogens is 224 g/mol. The molecule has 3 heterocycles. The molecule has 2 saturated heterocycles. The lowest BCUT2D eigenvalue weighted by Crippen LogP contribution is -2.47. The van der Waals surface area contributed by atoms with Crippen LogP contribution < -0.4 is 16.4 Å². The molecule has 0 saturated carbocycles. The van der Waals surface area contributed by atoms with Crippen molar-refractivity contribution in [2.75, 3.05) is 25.4 Å². The Balaban J connectivity index is 1.68. The first-order chi connectivity index (χ1) is 8.79. The van der Waals surface area contributed by atoms with Crippen molar-refractivity contribution in [2.45, 2.75) is 31.7 Å². The number of aromatic nitrogens is 1. The molecule has 98 valence electrons. The third-order valence-corrected chi connectivity index (χ3v) is 4.61. The average molecular weight is 246 g/mol. The van der Waals surface area contributed by atoms with Crippen molar-refractivity contribution < 1.29 is 0 Å². The van der Waals surface area contributed by atoms with E-state index in [0.29, 0.717) is 11.5 Å². The first-order valence-electron chi connectivity index (χ1n) is 6.93. The van der Waals surface area contributed by atoms with Gasteiger partial charge < -0.3 is 16.4 Å².